The minimum absolute atomic E-state index is 0.135. The molecule has 4 nitrogen and oxygen atoms in total. The predicted molar refractivity (Wildman–Crippen MR) is 46.3 cm³/mol. The molecule has 0 saturated carbocycles. The summed E-state index contributed by atoms with van der Waals surface area (Å²) < 4.78 is 0. The van der Waals surface area contributed by atoms with Crippen LogP contribution in [0.4, 0.5) is 4.79 Å². The maximum Gasteiger partial charge on any atom is 0.407 e. The third-order valence-electron chi connectivity index (χ3n) is 2.40. The number of hydrogen-bond donors (Lipinski definition) is 1. The number of carboxylic acid groups (broad SMARTS) is 1. The molecule has 1 amide bonds. The second-order valence-corrected chi connectivity index (χ2v) is 3.22. The molecule has 4 heteroatoms. The van der Waals surface area contributed by atoms with E-state index in [1.165, 1.54) is 4.90 Å². The highest BCUT2D eigenvalue weighted by Crippen LogP contribution is 2.08. The number of rotatable bonds is 1. The first kappa shape index (κ1) is 9.32. The van der Waals surface area contributed by atoms with Crippen LogP contribution in [0, 0.1) is 0 Å². The van der Waals surface area contributed by atoms with Crippen LogP contribution in [0.3, 0.4) is 0 Å². The van der Waals surface area contributed by atoms with Gasteiger partial charge in [0.25, 0.3) is 0 Å². The van der Waals surface area contributed by atoms with Crippen LogP contribution in [-0.4, -0.2) is 53.2 Å². The van der Waals surface area contributed by atoms with E-state index in [0.29, 0.717) is 6.54 Å². The third-order valence-corrected chi connectivity index (χ3v) is 2.40. The Balaban J connectivity index is 2.47. The lowest BCUT2D eigenvalue weighted by Crippen LogP contribution is -2.53. The summed E-state index contributed by atoms with van der Waals surface area (Å²) in [6.45, 7) is 7.44. The van der Waals surface area contributed by atoms with Gasteiger partial charge < -0.3 is 10.0 Å². The van der Waals surface area contributed by atoms with E-state index >= 15 is 0 Å². The molecule has 1 aliphatic heterocycles. The number of hydrogen-bond acceptors (Lipinski definition) is 2. The molecule has 0 aromatic heterocycles. The molecule has 1 unspecified atom stereocenters. The van der Waals surface area contributed by atoms with Gasteiger partial charge in [-0.2, -0.15) is 0 Å². The van der Waals surface area contributed by atoms with E-state index in [1.807, 2.05) is 6.92 Å². The van der Waals surface area contributed by atoms with Crippen molar-refractivity contribution < 1.29 is 9.90 Å². The Bertz CT molecular complexity index is 172. The third kappa shape index (κ3) is 1.88. The van der Waals surface area contributed by atoms with Crippen LogP contribution in [0.2, 0.25) is 0 Å². The highest BCUT2D eigenvalue weighted by molar-refractivity contribution is 5.65. The van der Waals surface area contributed by atoms with E-state index in [-0.39, 0.29) is 6.04 Å². The molecule has 0 bridgehead atoms. The number of likely N-dealkylation sites (N-methyl/N-ethyl adjacent to an activating group) is 1. The van der Waals surface area contributed by atoms with Crippen LogP contribution in [0.1, 0.15) is 13.8 Å². The van der Waals surface area contributed by atoms with Crippen molar-refractivity contribution in [3.05, 3.63) is 0 Å². The summed E-state index contributed by atoms with van der Waals surface area (Å²) in [5, 5.41) is 8.78. The molecular formula is C8H16N2O2. The average molecular weight is 172 g/mol. The lowest BCUT2D eigenvalue weighted by molar-refractivity contribution is 0.0764. The van der Waals surface area contributed by atoms with Gasteiger partial charge in [-0.15, -0.1) is 0 Å². The Morgan fingerprint density at radius 2 is 2.25 bits per heavy atom. The van der Waals surface area contributed by atoms with Crippen molar-refractivity contribution in [2.75, 3.05) is 26.2 Å². The minimum Gasteiger partial charge on any atom is -0.465 e. The fourth-order valence-electron chi connectivity index (χ4n) is 1.60. The molecule has 1 heterocycles. The first-order valence-corrected chi connectivity index (χ1v) is 4.37. The van der Waals surface area contributed by atoms with E-state index in [4.69, 9.17) is 5.11 Å². The van der Waals surface area contributed by atoms with Crippen molar-refractivity contribution in [3.63, 3.8) is 0 Å². The molecule has 0 aromatic rings. The number of amides is 1. The Morgan fingerprint density at radius 1 is 1.58 bits per heavy atom. The van der Waals surface area contributed by atoms with Crippen molar-refractivity contribution in [1.29, 1.82) is 0 Å². The normalized spacial score (nSPS) is 25.8. The van der Waals surface area contributed by atoms with Crippen LogP contribution in [0.5, 0.6) is 0 Å². The number of piperazine rings is 1. The van der Waals surface area contributed by atoms with E-state index in [9.17, 15) is 4.79 Å². The zero-order valence-electron chi connectivity index (χ0n) is 7.66. The molecular weight excluding hydrogens is 156 g/mol. The topological polar surface area (TPSA) is 43.8 Å². The first-order chi connectivity index (χ1) is 5.65. The minimum atomic E-state index is -0.793. The SMILES string of the molecule is CCN1CCN(C(=O)O)C(C)C1. The van der Waals surface area contributed by atoms with Gasteiger partial charge in [-0.05, 0) is 13.5 Å². The smallest absolute Gasteiger partial charge is 0.407 e. The van der Waals surface area contributed by atoms with Crippen LogP contribution >= 0.6 is 0 Å². The Labute approximate surface area is 72.8 Å². The summed E-state index contributed by atoms with van der Waals surface area (Å²) in [6, 6.07) is 0.135. The molecule has 1 atom stereocenters. The summed E-state index contributed by atoms with van der Waals surface area (Å²) in [6.07, 6.45) is -0.793. The monoisotopic (exact) mass is 172 g/mol. The summed E-state index contributed by atoms with van der Waals surface area (Å²) in [5.74, 6) is 0. The summed E-state index contributed by atoms with van der Waals surface area (Å²) >= 11 is 0. The van der Waals surface area contributed by atoms with Crippen molar-refractivity contribution in [3.8, 4) is 0 Å². The van der Waals surface area contributed by atoms with E-state index in [1.54, 1.807) is 0 Å². The highest BCUT2D eigenvalue weighted by Gasteiger charge is 2.25. The Kier molecular flexibility index (Phi) is 2.92. The molecule has 0 spiro atoms. The zero-order chi connectivity index (χ0) is 9.14. The van der Waals surface area contributed by atoms with Gasteiger partial charge in [0.2, 0.25) is 0 Å². The van der Waals surface area contributed by atoms with E-state index in [2.05, 4.69) is 11.8 Å². The fraction of sp³-hybridized carbons (Fsp3) is 0.875. The molecule has 12 heavy (non-hydrogen) atoms. The van der Waals surface area contributed by atoms with E-state index in [0.717, 1.165) is 19.6 Å². The molecule has 1 N–H and O–H groups in total. The summed E-state index contributed by atoms with van der Waals surface area (Å²) in [7, 11) is 0. The molecule has 0 aliphatic carbocycles. The molecule has 0 radical (unpaired) electrons. The van der Waals surface area contributed by atoms with Gasteiger partial charge >= 0.3 is 6.09 Å². The zero-order valence-corrected chi connectivity index (χ0v) is 7.66. The molecule has 1 rings (SSSR count). The Hall–Kier alpha value is -0.770. The largest absolute Gasteiger partial charge is 0.465 e. The second-order valence-electron chi connectivity index (χ2n) is 3.22. The van der Waals surface area contributed by atoms with Gasteiger partial charge in [0.15, 0.2) is 0 Å². The van der Waals surface area contributed by atoms with Crippen LogP contribution in [-0.2, 0) is 0 Å². The molecule has 0 aromatic carbocycles. The van der Waals surface area contributed by atoms with Crippen molar-refractivity contribution in [1.82, 2.24) is 9.80 Å². The molecule has 1 aliphatic rings. The van der Waals surface area contributed by atoms with Crippen molar-refractivity contribution >= 4 is 6.09 Å². The maximum atomic E-state index is 10.7. The van der Waals surface area contributed by atoms with Crippen LogP contribution < -0.4 is 0 Å². The summed E-state index contributed by atoms with van der Waals surface area (Å²) in [4.78, 5) is 14.4. The van der Waals surface area contributed by atoms with Gasteiger partial charge in [0.05, 0.1) is 0 Å². The highest BCUT2D eigenvalue weighted by atomic mass is 16.4. The van der Waals surface area contributed by atoms with Crippen molar-refractivity contribution in [2.45, 2.75) is 19.9 Å². The lowest BCUT2D eigenvalue weighted by Gasteiger charge is -2.37. The summed E-state index contributed by atoms with van der Waals surface area (Å²) in [5.41, 5.74) is 0. The molecule has 1 saturated heterocycles. The quantitative estimate of drug-likeness (QED) is 0.633. The lowest BCUT2D eigenvalue weighted by atomic mass is 10.2. The maximum absolute atomic E-state index is 10.7. The Morgan fingerprint density at radius 3 is 2.67 bits per heavy atom. The predicted octanol–water partition coefficient (Wildman–Crippen LogP) is 0.690. The fourth-order valence-corrected chi connectivity index (χ4v) is 1.60. The second kappa shape index (κ2) is 3.76. The standard InChI is InChI=1S/C8H16N2O2/c1-3-9-4-5-10(8(11)12)7(2)6-9/h7H,3-6H2,1-2H3,(H,11,12). The first-order valence-electron chi connectivity index (χ1n) is 4.37. The van der Waals surface area contributed by atoms with Crippen molar-refractivity contribution in [2.24, 2.45) is 0 Å². The number of carbonyl (C=O) groups is 1. The van der Waals surface area contributed by atoms with Crippen LogP contribution in [0.25, 0.3) is 0 Å². The van der Waals surface area contributed by atoms with Gasteiger partial charge in [0, 0.05) is 25.7 Å². The average Bonchev–Trinajstić information content (AvgIpc) is 2.03. The molecule has 70 valence electrons. The van der Waals surface area contributed by atoms with Crippen LogP contribution in [0.15, 0.2) is 0 Å². The van der Waals surface area contributed by atoms with Gasteiger partial charge in [-0.1, -0.05) is 6.92 Å². The van der Waals surface area contributed by atoms with E-state index < -0.39 is 6.09 Å². The van der Waals surface area contributed by atoms with Gasteiger partial charge in [-0.3, -0.25) is 4.90 Å². The number of nitrogens with zero attached hydrogens (tertiary/aromatic N) is 2. The van der Waals surface area contributed by atoms with Gasteiger partial charge in [-0.25, -0.2) is 4.79 Å². The molecule has 1 fully saturated rings. The van der Waals surface area contributed by atoms with Gasteiger partial charge in [0.1, 0.15) is 0 Å².